The molecule has 0 amide bonds. The maximum absolute atomic E-state index is 0. The Kier molecular flexibility index (Phi) is 3810. The Morgan fingerprint density at radius 2 is 0.364 bits per heavy atom. The fourth-order valence-electron chi connectivity index (χ4n) is 0. The van der Waals surface area contributed by atoms with Gasteiger partial charge in [0.25, 0.3) is 0 Å². The van der Waals surface area contributed by atoms with Gasteiger partial charge in [0.15, 0.2) is 0 Å². The molecule has 0 aliphatic heterocycles. The minimum atomic E-state index is 0. The second-order valence-electron chi connectivity index (χ2n) is 0. The standard InChI is InChI=1S/2Ni.5O.2V.2W/q;;5*-2;;;;. The van der Waals surface area contributed by atoms with Crippen molar-refractivity contribution in [2.45, 2.75) is 0 Å². The first-order chi connectivity index (χ1) is 0. The van der Waals surface area contributed by atoms with Crippen LogP contribution in [-0.2, 0) is 140 Å². The van der Waals surface area contributed by atoms with Gasteiger partial charge in [-0.25, -0.2) is 0 Å². The molecule has 0 heterocycles. The fraction of sp³-hybridized carbons (Fsp3) is 0. The largest absolute Gasteiger partial charge is 2.00 e. The first-order valence-electron chi connectivity index (χ1n) is 0. The van der Waals surface area contributed by atoms with E-state index in [1.807, 2.05) is 0 Å². The van der Waals surface area contributed by atoms with E-state index in [9.17, 15) is 0 Å². The van der Waals surface area contributed by atoms with Crippen LogP contribution in [0.3, 0.4) is 0 Å². The molecule has 0 aliphatic rings. The minimum Gasteiger partial charge on any atom is -2.00 e. The SMILES string of the molecule is [Ni].[Ni].[O-2].[O-2].[O-2].[O-2].[O-2].[V].[V].[W].[W]. The summed E-state index contributed by atoms with van der Waals surface area (Å²) in [6.07, 6.45) is 0. The van der Waals surface area contributed by atoms with Crippen molar-refractivity contribution in [2.24, 2.45) is 0 Å². The molecule has 0 bridgehead atoms. The summed E-state index contributed by atoms with van der Waals surface area (Å²) >= 11 is 0. The number of hydrogen-bond acceptors (Lipinski definition) is 0. The zero-order chi connectivity index (χ0) is 0. The van der Waals surface area contributed by atoms with Crippen LogP contribution >= 0.6 is 0 Å². The molecule has 0 saturated carbocycles. The van der Waals surface area contributed by atoms with Gasteiger partial charge in [0, 0.05) is 112 Å². The predicted octanol–water partition coefficient (Wildman–Crippen LogP) is -0.609. The zero-order valence-corrected chi connectivity index (χ0v) is 15.0. The van der Waals surface area contributed by atoms with Crippen molar-refractivity contribution in [2.75, 3.05) is 0 Å². The van der Waals surface area contributed by atoms with Crippen LogP contribution in [0, 0.1) is 0 Å². The van der Waals surface area contributed by atoms with E-state index in [1.54, 1.807) is 0 Å². The van der Waals surface area contributed by atoms with E-state index in [0.717, 1.165) is 0 Å². The fourth-order valence-corrected chi connectivity index (χ4v) is 0. The van der Waals surface area contributed by atoms with E-state index in [0.29, 0.717) is 0 Å². The summed E-state index contributed by atoms with van der Waals surface area (Å²) in [5, 5.41) is 0. The van der Waals surface area contributed by atoms with Gasteiger partial charge in [-0.1, -0.05) is 0 Å². The molecule has 0 aromatic carbocycles. The van der Waals surface area contributed by atoms with Crippen molar-refractivity contribution in [3.63, 3.8) is 0 Å². The third kappa shape index (κ3) is 154. The average Bonchev–Trinajstić information content (AvgIpc) is 0. The summed E-state index contributed by atoms with van der Waals surface area (Å²) in [7, 11) is 0. The Bertz CT molecular complexity index is 20.4. The molecular formula is Ni2O5V2W2-10. The van der Waals surface area contributed by atoms with Gasteiger partial charge in [-0.3, -0.25) is 0 Å². The van der Waals surface area contributed by atoms with Crippen LogP contribution in [0.5, 0.6) is 0 Å². The van der Waals surface area contributed by atoms with Gasteiger partial charge < -0.3 is 27.4 Å². The predicted molar refractivity (Wildman–Crippen MR) is 3.43 cm³/mol. The molecule has 82 valence electrons. The van der Waals surface area contributed by atoms with Crippen molar-refractivity contribution < 1.29 is 140 Å². The van der Waals surface area contributed by atoms with Crippen molar-refractivity contribution >= 4 is 0 Å². The molecular weight excluding hydrogens is 667 g/mol. The van der Waals surface area contributed by atoms with Crippen LogP contribution in [0.1, 0.15) is 0 Å². The first-order valence-corrected chi connectivity index (χ1v) is 0. The van der Waals surface area contributed by atoms with Gasteiger partial charge >= 0.3 is 0 Å². The minimum absolute atomic E-state index is 0. The monoisotopic (exact) mass is 666 g/mol. The van der Waals surface area contributed by atoms with E-state index in [1.165, 1.54) is 0 Å². The number of hydrogen-bond donors (Lipinski definition) is 0. The van der Waals surface area contributed by atoms with Gasteiger partial charge in [0.1, 0.15) is 0 Å². The van der Waals surface area contributed by atoms with E-state index in [2.05, 4.69) is 0 Å². The molecule has 11 heteroatoms. The average molecular weight is 667 g/mol. The molecule has 11 heavy (non-hydrogen) atoms. The van der Waals surface area contributed by atoms with E-state index >= 15 is 0 Å². The molecule has 0 N–H and O–H groups in total. The Balaban J connectivity index is 0. The maximum Gasteiger partial charge on any atom is 0 e. The molecule has 0 fully saturated rings. The summed E-state index contributed by atoms with van der Waals surface area (Å²) in [5.41, 5.74) is 0. The third-order valence-electron chi connectivity index (χ3n) is 0. The van der Waals surface area contributed by atoms with Crippen LogP contribution in [0.25, 0.3) is 0 Å². The van der Waals surface area contributed by atoms with Crippen molar-refractivity contribution in [1.29, 1.82) is 0 Å². The van der Waals surface area contributed by atoms with E-state index < -0.39 is 0 Å². The molecule has 0 rings (SSSR count). The summed E-state index contributed by atoms with van der Waals surface area (Å²) in [6, 6.07) is 0. The Morgan fingerprint density at radius 1 is 0.364 bits per heavy atom. The topological polar surface area (TPSA) is 142 Å². The van der Waals surface area contributed by atoms with Gasteiger partial charge in [0.2, 0.25) is 0 Å². The Hall–Kier alpha value is 3.33. The Morgan fingerprint density at radius 3 is 0.364 bits per heavy atom. The van der Waals surface area contributed by atoms with Crippen LogP contribution in [0.15, 0.2) is 0 Å². The van der Waals surface area contributed by atoms with E-state index in [4.69, 9.17) is 0 Å². The number of rotatable bonds is 0. The maximum atomic E-state index is 0. The summed E-state index contributed by atoms with van der Waals surface area (Å²) in [6.45, 7) is 0. The molecule has 0 aromatic heterocycles. The van der Waals surface area contributed by atoms with Gasteiger partial charge in [-0.05, 0) is 0 Å². The summed E-state index contributed by atoms with van der Waals surface area (Å²) < 4.78 is 0. The molecule has 0 spiro atoms. The van der Waals surface area contributed by atoms with Crippen LogP contribution in [-0.4, -0.2) is 0 Å². The van der Waals surface area contributed by atoms with Crippen molar-refractivity contribution in [3.05, 3.63) is 0 Å². The second-order valence-corrected chi connectivity index (χ2v) is 0. The molecule has 5 nitrogen and oxygen atoms in total. The molecule has 0 atom stereocenters. The molecule has 0 aliphatic carbocycles. The smallest absolute Gasteiger partial charge is 0 e. The zero-order valence-electron chi connectivity index (χ0n) is 4.38. The molecule has 0 saturated heterocycles. The third-order valence-corrected chi connectivity index (χ3v) is 0. The van der Waals surface area contributed by atoms with E-state index in [-0.39, 0.29) is 140 Å². The van der Waals surface area contributed by atoms with Gasteiger partial charge in [0.05, 0.1) is 0 Å². The summed E-state index contributed by atoms with van der Waals surface area (Å²) in [4.78, 5) is 0. The molecule has 2 radical (unpaired) electrons. The van der Waals surface area contributed by atoms with Crippen LogP contribution in [0.4, 0.5) is 0 Å². The van der Waals surface area contributed by atoms with Gasteiger partial charge in [-0.2, -0.15) is 0 Å². The molecule has 0 unspecified atom stereocenters. The molecule has 0 aromatic rings. The Labute approximate surface area is 138 Å². The quantitative estimate of drug-likeness (QED) is 0.305. The first kappa shape index (κ1) is 229. The van der Waals surface area contributed by atoms with Crippen LogP contribution < -0.4 is 0 Å². The van der Waals surface area contributed by atoms with Crippen molar-refractivity contribution in [1.82, 2.24) is 0 Å². The normalized spacial score (nSPS) is 0. The second kappa shape index (κ2) is 183. The summed E-state index contributed by atoms with van der Waals surface area (Å²) in [5.74, 6) is 0. The van der Waals surface area contributed by atoms with Gasteiger partial charge in [-0.15, -0.1) is 0 Å². The van der Waals surface area contributed by atoms with Crippen molar-refractivity contribution in [3.8, 4) is 0 Å². The van der Waals surface area contributed by atoms with Crippen LogP contribution in [0.2, 0.25) is 0 Å².